The van der Waals surface area contributed by atoms with Crippen LogP contribution in [0.25, 0.3) is 10.9 Å². The Labute approximate surface area is 119 Å². The van der Waals surface area contributed by atoms with Gasteiger partial charge in [0.15, 0.2) is 5.82 Å². The maximum atomic E-state index is 6.08. The lowest BCUT2D eigenvalue weighted by atomic mass is 10.2. The van der Waals surface area contributed by atoms with E-state index in [1.54, 1.807) is 18.3 Å². The molecule has 0 aliphatic heterocycles. The third-order valence-corrected chi connectivity index (χ3v) is 3.30. The van der Waals surface area contributed by atoms with Crippen LogP contribution in [0.4, 0.5) is 5.82 Å². The highest BCUT2D eigenvalue weighted by molar-refractivity contribution is 6.36. The van der Waals surface area contributed by atoms with Gasteiger partial charge in [-0.1, -0.05) is 41.4 Å². The second kappa shape index (κ2) is 5.03. The van der Waals surface area contributed by atoms with E-state index in [0.717, 1.165) is 16.5 Å². The predicted octanol–water partition coefficient (Wildman–Crippen LogP) is 4.62. The van der Waals surface area contributed by atoms with Crippen molar-refractivity contribution >= 4 is 46.1 Å². The number of benzene rings is 2. The van der Waals surface area contributed by atoms with Crippen molar-refractivity contribution in [3.05, 3.63) is 58.1 Å². The van der Waals surface area contributed by atoms with Crippen LogP contribution in [0.3, 0.4) is 0 Å². The highest BCUT2D eigenvalue weighted by atomic mass is 35.5. The monoisotopic (exact) mass is 289 g/mol. The Balaban J connectivity index is 1.98. The molecular formula is C14H9Cl2N3. The van der Waals surface area contributed by atoms with E-state index in [-0.39, 0.29) is 0 Å². The first kappa shape index (κ1) is 12.2. The molecule has 1 aromatic heterocycles. The van der Waals surface area contributed by atoms with E-state index in [9.17, 15) is 0 Å². The first-order valence-corrected chi connectivity index (χ1v) is 6.42. The fraction of sp³-hybridized carbons (Fsp3) is 0. The number of para-hydroxylation sites is 1. The van der Waals surface area contributed by atoms with Gasteiger partial charge in [-0.2, -0.15) is 5.10 Å². The van der Waals surface area contributed by atoms with Gasteiger partial charge in [-0.05, 0) is 24.3 Å². The Morgan fingerprint density at radius 1 is 1.11 bits per heavy atom. The molecule has 0 unspecified atom stereocenters. The summed E-state index contributed by atoms with van der Waals surface area (Å²) in [6.45, 7) is 0. The second-order valence-electron chi connectivity index (χ2n) is 4.02. The smallest absolute Gasteiger partial charge is 0.181 e. The average molecular weight is 290 g/mol. The summed E-state index contributed by atoms with van der Waals surface area (Å²) in [5.74, 6) is 0.640. The molecule has 0 bridgehead atoms. The summed E-state index contributed by atoms with van der Waals surface area (Å²) in [5, 5.41) is 9.24. The number of H-pyrrole nitrogens is 1. The molecule has 0 saturated carbocycles. The van der Waals surface area contributed by atoms with Crippen molar-refractivity contribution in [3.63, 3.8) is 0 Å². The third-order valence-electron chi connectivity index (χ3n) is 2.74. The van der Waals surface area contributed by atoms with Gasteiger partial charge >= 0.3 is 0 Å². The van der Waals surface area contributed by atoms with Crippen LogP contribution in [-0.4, -0.2) is 16.4 Å². The number of hydrogen-bond donors (Lipinski definition) is 1. The van der Waals surface area contributed by atoms with Gasteiger partial charge in [-0.3, -0.25) is 5.10 Å². The number of nitrogens with one attached hydrogen (secondary N) is 1. The van der Waals surface area contributed by atoms with Crippen LogP contribution in [-0.2, 0) is 0 Å². The van der Waals surface area contributed by atoms with Crippen molar-refractivity contribution in [3.8, 4) is 0 Å². The summed E-state index contributed by atoms with van der Waals surface area (Å²) in [6, 6.07) is 13.1. The third kappa shape index (κ3) is 2.48. The number of aromatic amines is 1. The van der Waals surface area contributed by atoms with Gasteiger partial charge in [0, 0.05) is 22.2 Å². The van der Waals surface area contributed by atoms with E-state index in [4.69, 9.17) is 23.2 Å². The molecule has 2 aromatic carbocycles. The minimum atomic E-state index is 0.566. The molecular weight excluding hydrogens is 281 g/mol. The molecule has 0 saturated heterocycles. The first-order valence-electron chi connectivity index (χ1n) is 5.66. The van der Waals surface area contributed by atoms with E-state index in [1.807, 2.05) is 30.3 Å². The zero-order chi connectivity index (χ0) is 13.2. The summed E-state index contributed by atoms with van der Waals surface area (Å²) < 4.78 is 0. The van der Waals surface area contributed by atoms with Gasteiger partial charge < -0.3 is 0 Å². The largest absolute Gasteiger partial charge is 0.276 e. The molecule has 0 aliphatic rings. The van der Waals surface area contributed by atoms with Gasteiger partial charge in [0.1, 0.15) is 0 Å². The van der Waals surface area contributed by atoms with Crippen molar-refractivity contribution in [2.75, 3.05) is 0 Å². The zero-order valence-corrected chi connectivity index (χ0v) is 11.3. The van der Waals surface area contributed by atoms with Crippen molar-refractivity contribution in [2.24, 2.45) is 4.99 Å². The van der Waals surface area contributed by atoms with Crippen LogP contribution < -0.4 is 0 Å². The fourth-order valence-corrected chi connectivity index (χ4v) is 2.24. The number of halogens is 2. The normalized spacial score (nSPS) is 11.5. The van der Waals surface area contributed by atoms with Crippen LogP contribution in [0, 0.1) is 0 Å². The van der Waals surface area contributed by atoms with Gasteiger partial charge in [-0.25, -0.2) is 4.99 Å². The molecule has 0 spiro atoms. The molecule has 0 amide bonds. The van der Waals surface area contributed by atoms with E-state index >= 15 is 0 Å². The van der Waals surface area contributed by atoms with Crippen molar-refractivity contribution < 1.29 is 0 Å². The molecule has 0 atom stereocenters. The molecule has 0 fully saturated rings. The molecule has 0 radical (unpaired) electrons. The molecule has 1 heterocycles. The van der Waals surface area contributed by atoms with Crippen molar-refractivity contribution in [1.82, 2.24) is 10.2 Å². The summed E-state index contributed by atoms with van der Waals surface area (Å²) in [6.07, 6.45) is 1.68. The number of nitrogens with zero attached hydrogens (tertiary/aromatic N) is 2. The van der Waals surface area contributed by atoms with Crippen molar-refractivity contribution in [1.29, 1.82) is 0 Å². The SMILES string of the molecule is Clc1ccc(C=Nc2n[nH]c3ccccc23)c(Cl)c1. The standard InChI is InChI=1S/C14H9Cl2N3/c15-10-6-5-9(12(16)7-10)8-17-14-11-3-1-2-4-13(11)18-19-14/h1-8H,(H,18,19). The second-order valence-corrected chi connectivity index (χ2v) is 4.86. The first-order chi connectivity index (χ1) is 9.24. The summed E-state index contributed by atoms with van der Waals surface area (Å²) >= 11 is 11.9. The van der Waals surface area contributed by atoms with E-state index in [2.05, 4.69) is 15.2 Å². The maximum absolute atomic E-state index is 6.08. The number of hydrogen-bond acceptors (Lipinski definition) is 2. The zero-order valence-electron chi connectivity index (χ0n) is 9.77. The van der Waals surface area contributed by atoms with E-state index in [0.29, 0.717) is 15.9 Å². The molecule has 0 aliphatic carbocycles. The van der Waals surface area contributed by atoms with Crippen LogP contribution >= 0.6 is 23.2 Å². The summed E-state index contributed by atoms with van der Waals surface area (Å²) in [4.78, 5) is 4.36. The fourth-order valence-electron chi connectivity index (χ4n) is 1.78. The molecule has 5 heteroatoms. The lowest BCUT2D eigenvalue weighted by Crippen LogP contribution is -1.82. The highest BCUT2D eigenvalue weighted by Gasteiger charge is 2.03. The summed E-state index contributed by atoms with van der Waals surface area (Å²) in [5.41, 5.74) is 1.76. The van der Waals surface area contributed by atoms with Gasteiger partial charge in [0.2, 0.25) is 0 Å². The summed E-state index contributed by atoms with van der Waals surface area (Å²) in [7, 11) is 0. The molecule has 3 rings (SSSR count). The lowest BCUT2D eigenvalue weighted by molar-refractivity contribution is 1.11. The van der Waals surface area contributed by atoms with Crippen LogP contribution in [0.5, 0.6) is 0 Å². The average Bonchev–Trinajstić information content (AvgIpc) is 2.81. The van der Waals surface area contributed by atoms with Crippen molar-refractivity contribution in [2.45, 2.75) is 0 Å². The minimum absolute atomic E-state index is 0.566. The number of aromatic nitrogens is 2. The lowest BCUT2D eigenvalue weighted by Gasteiger charge is -1.97. The quantitative estimate of drug-likeness (QED) is 0.687. The van der Waals surface area contributed by atoms with Crippen LogP contribution in [0.1, 0.15) is 5.56 Å². The Bertz CT molecular complexity index is 762. The topological polar surface area (TPSA) is 41.0 Å². The minimum Gasteiger partial charge on any atom is -0.276 e. The number of aliphatic imine (C=N–C) groups is 1. The molecule has 3 nitrogen and oxygen atoms in total. The Hall–Kier alpha value is -1.84. The highest BCUT2D eigenvalue weighted by Crippen LogP contribution is 2.24. The Morgan fingerprint density at radius 3 is 2.79 bits per heavy atom. The molecule has 94 valence electrons. The van der Waals surface area contributed by atoms with Gasteiger partial charge in [0.25, 0.3) is 0 Å². The molecule has 1 N–H and O–H groups in total. The van der Waals surface area contributed by atoms with Crippen LogP contribution in [0.15, 0.2) is 47.5 Å². The van der Waals surface area contributed by atoms with E-state index in [1.165, 1.54) is 0 Å². The molecule has 19 heavy (non-hydrogen) atoms. The maximum Gasteiger partial charge on any atom is 0.181 e. The Morgan fingerprint density at radius 2 is 1.95 bits per heavy atom. The van der Waals surface area contributed by atoms with Gasteiger partial charge in [-0.15, -0.1) is 0 Å². The Kier molecular flexibility index (Phi) is 3.23. The predicted molar refractivity (Wildman–Crippen MR) is 79.8 cm³/mol. The van der Waals surface area contributed by atoms with Gasteiger partial charge in [0.05, 0.1) is 10.5 Å². The molecule has 3 aromatic rings. The number of fused-ring (bicyclic) bond motifs is 1. The van der Waals surface area contributed by atoms with E-state index < -0.39 is 0 Å². The number of rotatable bonds is 2. The van der Waals surface area contributed by atoms with Crippen LogP contribution in [0.2, 0.25) is 10.0 Å².